The minimum absolute atomic E-state index is 0.129. The Morgan fingerprint density at radius 3 is 2.91 bits per heavy atom. The lowest BCUT2D eigenvalue weighted by atomic mass is 10.0. The zero-order valence-electron chi connectivity index (χ0n) is 13.8. The van der Waals surface area contributed by atoms with E-state index in [0.717, 1.165) is 63.8 Å². The molecule has 1 aromatic rings. The zero-order chi connectivity index (χ0) is 16.5. The van der Waals surface area contributed by atoms with E-state index in [-0.39, 0.29) is 17.8 Å². The minimum Gasteiger partial charge on any atom is -0.369 e. The summed E-state index contributed by atoms with van der Waals surface area (Å²) in [6, 6.07) is 6.82. The molecule has 0 aromatic heterocycles. The summed E-state index contributed by atoms with van der Waals surface area (Å²) in [6.45, 7) is 2.39. The number of amides is 1. The molecule has 4 nitrogen and oxygen atoms in total. The number of nitrogens with two attached hydrogens (primary N) is 1. The number of hydrogen-bond acceptors (Lipinski definition) is 3. The van der Waals surface area contributed by atoms with Gasteiger partial charge in [0, 0.05) is 31.2 Å². The highest BCUT2D eigenvalue weighted by Crippen LogP contribution is 2.20. The number of piperidine rings is 1. The summed E-state index contributed by atoms with van der Waals surface area (Å²) < 4.78 is 13.4. The van der Waals surface area contributed by atoms with Crippen molar-refractivity contribution in [2.24, 2.45) is 5.73 Å². The standard InChI is InChI=1S/C18H28FN3O/c19-15-7-5-9-17(13-15)22-12-6-8-16(14-22)21-18(23)10-3-1-2-4-11-20/h5,7,9,13,16H,1-4,6,8,10-12,14,20H2,(H,21,23). The minimum atomic E-state index is -0.217. The maximum Gasteiger partial charge on any atom is 0.220 e. The molecule has 0 bridgehead atoms. The molecule has 0 aliphatic carbocycles. The van der Waals surface area contributed by atoms with Crippen LogP contribution in [0.25, 0.3) is 0 Å². The van der Waals surface area contributed by atoms with E-state index in [1.807, 2.05) is 6.07 Å². The number of unbranched alkanes of at least 4 members (excludes halogenated alkanes) is 3. The predicted octanol–water partition coefficient (Wildman–Crippen LogP) is 2.82. The van der Waals surface area contributed by atoms with E-state index in [1.165, 1.54) is 6.07 Å². The predicted molar refractivity (Wildman–Crippen MR) is 91.9 cm³/mol. The van der Waals surface area contributed by atoms with Gasteiger partial charge in [0.2, 0.25) is 5.91 Å². The fourth-order valence-corrected chi connectivity index (χ4v) is 3.09. The lowest BCUT2D eigenvalue weighted by molar-refractivity contribution is -0.122. The Bertz CT molecular complexity index is 495. The number of nitrogens with one attached hydrogen (secondary N) is 1. The van der Waals surface area contributed by atoms with Gasteiger partial charge in [-0.15, -0.1) is 0 Å². The molecule has 1 unspecified atom stereocenters. The van der Waals surface area contributed by atoms with Crippen molar-refractivity contribution in [2.45, 2.75) is 51.0 Å². The Morgan fingerprint density at radius 2 is 2.13 bits per heavy atom. The van der Waals surface area contributed by atoms with Crippen LogP contribution in [0.5, 0.6) is 0 Å². The summed E-state index contributed by atoms with van der Waals surface area (Å²) in [5, 5.41) is 3.13. The molecule has 1 aliphatic heterocycles. The average molecular weight is 321 g/mol. The van der Waals surface area contributed by atoms with Gasteiger partial charge in [-0.3, -0.25) is 4.79 Å². The van der Waals surface area contributed by atoms with Crippen LogP contribution in [0.3, 0.4) is 0 Å². The smallest absolute Gasteiger partial charge is 0.220 e. The highest BCUT2D eigenvalue weighted by atomic mass is 19.1. The van der Waals surface area contributed by atoms with Crippen molar-refractivity contribution >= 4 is 11.6 Å². The number of nitrogens with zero attached hydrogens (tertiary/aromatic N) is 1. The molecular weight excluding hydrogens is 293 g/mol. The maximum absolute atomic E-state index is 13.4. The molecule has 0 spiro atoms. The van der Waals surface area contributed by atoms with Gasteiger partial charge in [0.1, 0.15) is 5.82 Å². The Hall–Kier alpha value is -1.62. The van der Waals surface area contributed by atoms with Crippen LogP contribution in [-0.4, -0.2) is 31.6 Å². The van der Waals surface area contributed by atoms with Crippen LogP contribution < -0.4 is 16.0 Å². The molecule has 1 fully saturated rings. The molecular formula is C18H28FN3O. The van der Waals surface area contributed by atoms with Crippen LogP contribution in [0.2, 0.25) is 0 Å². The highest BCUT2D eigenvalue weighted by Gasteiger charge is 2.21. The number of hydrogen-bond donors (Lipinski definition) is 2. The lowest BCUT2D eigenvalue weighted by Gasteiger charge is -2.34. The molecule has 1 aliphatic rings. The van der Waals surface area contributed by atoms with E-state index < -0.39 is 0 Å². The molecule has 23 heavy (non-hydrogen) atoms. The second kappa shape index (κ2) is 9.50. The summed E-state index contributed by atoms with van der Waals surface area (Å²) in [7, 11) is 0. The second-order valence-corrected chi connectivity index (χ2v) is 6.29. The summed E-state index contributed by atoms with van der Waals surface area (Å²) in [4.78, 5) is 14.2. The third-order valence-corrected chi connectivity index (χ3v) is 4.32. The molecule has 5 heteroatoms. The van der Waals surface area contributed by atoms with Gasteiger partial charge in [0.25, 0.3) is 0 Å². The first-order chi connectivity index (χ1) is 11.2. The molecule has 128 valence electrons. The first kappa shape index (κ1) is 17.7. The lowest BCUT2D eigenvalue weighted by Crippen LogP contribution is -2.47. The van der Waals surface area contributed by atoms with Gasteiger partial charge in [0.15, 0.2) is 0 Å². The number of halogens is 1. The van der Waals surface area contributed by atoms with Gasteiger partial charge in [-0.25, -0.2) is 4.39 Å². The molecule has 1 heterocycles. The van der Waals surface area contributed by atoms with Gasteiger partial charge in [-0.05, 0) is 50.4 Å². The van der Waals surface area contributed by atoms with Crippen LogP contribution in [-0.2, 0) is 4.79 Å². The molecule has 1 amide bonds. The second-order valence-electron chi connectivity index (χ2n) is 6.29. The summed E-state index contributed by atoms with van der Waals surface area (Å²) in [5.74, 6) is -0.0880. The van der Waals surface area contributed by atoms with Gasteiger partial charge < -0.3 is 16.0 Å². The van der Waals surface area contributed by atoms with Crippen molar-refractivity contribution in [2.75, 3.05) is 24.5 Å². The molecule has 1 saturated heterocycles. The SMILES string of the molecule is NCCCCCCC(=O)NC1CCCN(c2cccc(F)c2)C1. The average Bonchev–Trinajstić information content (AvgIpc) is 2.55. The van der Waals surface area contributed by atoms with Crippen LogP contribution in [0.4, 0.5) is 10.1 Å². The van der Waals surface area contributed by atoms with Crippen LogP contribution in [0.1, 0.15) is 44.9 Å². The van der Waals surface area contributed by atoms with Crippen LogP contribution in [0, 0.1) is 5.82 Å². The number of carbonyl (C=O) groups is 1. The monoisotopic (exact) mass is 321 g/mol. The fourth-order valence-electron chi connectivity index (χ4n) is 3.09. The Balaban J connectivity index is 1.74. The van der Waals surface area contributed by atoms with Crippen molar-refractivity contribution in [3.8, 4) is 0 Å². The Kier molecular flexibility index (Phi) is 7.33. The maximum atomic E-state index is 13.4. The fraction of sp³-hybridized carbons (Fsp3) is 0.611. The van der Waals surface area contributed by atoms with Crippen molar-refractivity contribution in [1.82, 2.24) is 5.32 Å². The molecule has 1 aromatic carbocycles. The third kappa shape index (κ3) is 6.18. The van der Waals surface area contributed by atoms with Gasteiger partial charge in [0.05, 0.1) is 0 Å². The number of carbonyl (C=O) groups excluding carboxylic acids is 1. The van der Waals surface area contributed by atoms with Crippen molar-refractivity contribution in [3.63, 3.8) is 0 Å². The summed E-state index contributed by atoms with van der Waals surface area (Å²) in [6.07, 6.45) is 6.70. The number of rotatable bonds is 8. The molecule has 0 radical (unpaired) electrons. The highest BCUT2D eigenvalue weighted by molar-refractivity contribution is 5.76. The van der Waals surface area contributed by atoms with Crippen LogP contribution in [0.15, 0.2) is 24.3 Å². The van der Waals surface area contributed by atoms with Crippen molar-refractivity contribution in [1.29, 1.82) is 0 Å². The van der Waals surface area contributed by atoms with Crippen LogP contribution >= 0.6 is 0 Å². The Morgan fingerprint density at radius 1 is 1.30 bits per heavy atom. The molecule has 1 atom stereocenters. The number of benzene rings is 1. The van der Waals surface area contributed by atoms with Crippen molar-refractivity contribution < 1.29 is 9.18 Å². The topological polar surface area (TPSA) is 58.4 Å². The number of anilines is 1. The zero-order valence-corrected chi connectivity index (χ0v) is 13.8. The van der Waals surface area contributed by atoms with Crippen molar-refractivity contribution in [3.05, 3.63) is 30.1 Å². The molecule has 2 rings (SSSR count). The molecule has 0 saturated carbocycles. The Labute approximate surface area is 138 Å². The molecule has 3 N–H and O–H groups in total. The van der Waals surface area contributed by atoms with E-state index in [9.17, 15) is 9.18 Å². The normalized spacial score (nSPS) is 18.0. The first-order valence-electron chi connectivity index (χ1n) is 8.69. The van der Waals surface area contributed by atoms with Gasteiger partial charge >= 0.3 is 0 Å². The van der Waals surface area contributed by atoms with E-state index >= 15 is 0 Å². The van der Waals surface area contributed by atoms with E-state index in [1.54, 1.807) is 12.1 Å². The van der Waals surface area contributed by atoms with Gasteiger partial charge in [-0.1, -0.05) is 18.9 Å². The summed E-state index contributed by atoms with van der Waals surface area (Å²) in [5.41, 5.74) is 6.35. The third-order valence-electron chi connectivity index (χ3n) is 4.32. The quantitative estimate of drug-likeness (QED) is 0.724. The van der Waals surface area contributed by atoms with Gasteiger partial charge in [-0.2, -0.15) is 0 Å². The largest absolute Gasteiger partial charge is 0.369 e. The van der Waals surface area contributed by atoms with E-state index in [0.29, 0.717) is 6.42 Å². The van der Waals surface area contributed by atoms with E-state index in [2.05, 4.69) is 10.2 Å². The first-order valence-corrected chi connectivity index (χ1v) is 8.69. The summed E-state index contributed by atoms with van der Waals surface area (Å²) >= 11 is 0. The van der Waals surface area contributed by atoms with E-state index in [4.69, 9.17) is 5.73 Å².